The summed E-state index contributed by atoms with van der Waals surface area (Å²) in [5.74, 6) is 8.11. The van der Waals surface area contributed by atoms with Gasteiger partial charge in [0.1, 0.15) is 0 Å². The first-order valence-corrected chi connectivity index (χ1v) is 9.03. The molecule has 0 unspecified atom stereocenters. The highest BCUT2D eigenvalue weighted by atomic mass is 32.2. The lowest BCUT2D eigenvalue weighted by Gasteiger charge is -2.04. The molecule has 1 heterocycles. The monoisotopic (exact) mass is 316 g/mol. The molecule has 1 N–H and O–H groups in total. The maximum absolute atomic E-state index is 8.71. The number of aliphatic hydroxyl groups excluding tert-OH is 1. The molecule has 0 bridgehead atoms. The van der Waals surface area contributed by atoms with E-state index >= 15 is 0 Å². The standard InChI is InChI=1S/C18H20OS2/c1-14-7-15(2)9-17(8-14)11-20-13-18-10-16(12-21-18)5-3-4-6-19/h7-10,12,19H,4,6,11,13H2,1-2H3. The molecule has 0 aliphatic rings. The molecule has 0 spiro atoms. The van der Waals surface area contributed by atoms with Crippen LogP contribution in [0.3, 0.4) is 0 Å². The third-order valence-corrected chi connectivity index (χ3v) is 5.09. The van der Waals surface area contributed by atoms with E-state index in [0.29, 0.717) is 6.42 Å². The molecule has 1 aromatic heterocycles. The summed E-state index contributed by atoms with van der Waals surface area (Å²) in [6.45, 7) is 4.44. The summed E-state index contributed by atoms with van der Waals surface area (Å²) in [6, 6.07) is 8.90. The van der Waals surface area contributed by atoms with E-state index in [4.69, 9.17) is 5.11 Å². The van der Waals surface area contributed by atoms with Crippen LogP contribution in [0.15, 0.2) is 29.6 Å². The zero-order chi connectivity index (χ0) is 15.1. The lowest BCUT2D eigenvalue weighted by molar-refractivity contribution is 0.305. The second-order valence-corrected chi connectivity index (χ2v) is 7.05. The summed E-state index contributed by atoms with van der Waals surface area (Å²) in [5, 5.41) is 10.8. The molecule has 1 aromatic carbocycles. The molecule has 0 fully saturated rings. The van der Waals surface area contributed by atoms with Gasteiger partial charge in [0.15, 0.2) is 0 Å². The molecule has 0 aliphatic heterocycles. The number of thioether (sulfide) groups is 1. The van der Waals surface area contributed by atoms with Crippen LogP contribution in [0.25, 0.3) is 0 Å². The molecule has 110 valence electrons. The Bertz CT molecular complexity index is 626. The van der Waals surface area contributed by atoms with Crippen molar-refractivity contribution in [3.8, 4) is 11.8 Å². The SMILES string of the molecule is Cc1cc(C)cc(CSCc2cc(C#CCCO)cs2)c1. The average Bonchev–Trinajstić information content (AvgIpc) is 2.86. The smallest absolute Gasteiger partial charge is 0.0540 e. The Labute approximate surface area is 135 Å². The van der Waals surface area contributed by atoms with E-state index in [2.05, 4.69) is 55.3 Å². The summed E-state index contributed by atoms with van der Waals surface area (Å²) >= 11 is 3.70. The number of hydrogen-bond donors (Lipinski definition) is 1. The lowest BCUT2D eigenvalue weighted by atomic mass is 10.1. The largest absolute Gasteiger partial charge is 0.395 e. The van der Waals surface area contributed by atoms with Gasteiger partial charge in [-0.2, -0.15) is 11.8 Å². The maximum Gasteiger partial charge on any atom is 0.0540 e. The molecule has 2 rings (SSSR count). The fourth-order valence-electron chi connectivity index (χ4n) is 2.16. The van der Waals surface area contributed by atoms with Crippen LogP contribution >= 0.6 is 23.1 Å². The fraction of sp³-hybridized carbons (Fsp3) is 0.333. The Balaban J connectivity index is 1.85. The van der Waals surface area contributed by atoms with Gasteiger partial charge in [-0.25, -0.2) is 0 Å². The molecule has 21 heavy (non-hydrogen) atoms. The second-order valence-electron chi connectivity index (χ2n) is 5.07. The maximum atomic E-state index is 8.71. The number of aryl methyl sites for hydroxylation is 2. The third-order valence-electron chi connectivity index (χ3n) is 2.92. The molecule has 1 nitrogen and oxygen atoms in total. The Morgan fingerprint density at radius 2 is 1.86 bits per heavy atom. The molecule has 0 amide bonds. The van der Waals surface area contributed by atoms with Crippen LogP contribution in [0.1, 0.15) is 33.6 Å². The van der Waals surface area contributed by atoms with Gasteiger partial charge in [-0.15, -0.1) is 11.3 Å². The minimum absolute atomic E-state index is 0.135. The Morgan fingerprint density at radius 3 is 2.57 bits per heavy atom. The number of aliphatic hydroxyl groups is 1. The Kier molecular flexibility index (Phi) is 6.38. The van der Waals surface area contributed by atoms with Crippen molar-refractivity contribution in [3.05, 3.63) is 56.8 Å². The van der Waals surface area contributed by atoms with Crippen molar-refractivity contribution in [2.24, 2.45) is 0 Å². The van der Waals surface area contributed by atoms with Crippen molar-refractivity contribution < 1.29 is 5.11 Å². The lowest BCUT2D eigenvalue weighted by Crippen LogP contribution is -1.85. The van der Waals surface area contributed by atoms with Gasteiger partial charge in [0, 0.05) is 33.7 Å². The van der Waals surface area contributed by atoms with E-state index in [1.807, 2.05) is 11.8 Å². The van der Waals surface area contributed by atoms with Crippen molar-refractivity contribution in [2.45, 2.75) is 31.8 Å². The van der Waals surface area contributed by atoms with Crippen LogP contribution in [-0.2, 0) is 11.5 Å². The normalized spacial score (nSPS) is 10.2. The summed E-state index contributed by atoms with van der Waals surface area (Å²) in [4.78, 5) is 1.36. The van der Waals surface area contributed by atoms with E-state index in [1.54, 1.807) is 11.3 Å². The summed E-state index contributed by atoms with van der Waals surface area (Å²) in [5.41, 5.74) is 5.14. The summed E-state index contributed by atoms with van der Waals surface area (Å²) in [7, 11) is 0. The van der Waals surface area contributed by atoms with E-state index < -0.39 is 0 Å². The van der Waals surface area contributed by atoms with Gasteiger partial charge in [0.2, 0.25) is 0 Å². The fourth-order valence-corrected chi connectivity index (χ4v) is 4.08. The number of rotatable bonds is 5. The first-order chi connectivity index (χ1) is 10.2. The van der Waals surface area contributed by atoms with Gasteiger partial charge in [-0.1, -0.05) is 41.2 Å². The van der Waals surface area contributed by atoms with Gasteiger partial charge < -0.3 is 5.11 Å². The van der Waals surface area contributed by atoms with E-state index in [0.717, 1.165) is 17.1 Å². The number of hydrogen-bond acceptors (Lipinski definition) is 3. The molecule has 0 radical (unpaired) electrons. The zero-order valence-corrected chi connectivity index (χ0v) is 14.1. The quantitative estimate of drug-likeness (QED) is 0.818. The van der Waals surface area contributed by atoms with Gasteiger partial charge in [-0.05, 0) is 25.5 Å². The summed E-state index contributed by atoms with van der Waals surface area (Å²) < 4.78 is 0. The zero-order valence-electron chi connectivity index (χ0n) is 12.5. The molecular weight excluding hydrogens is 296 g/mol. The van der Waals surface area contributed by atoms with Crippen LogP contribution in [-0.4, -0.2) is 11.7 Å². The van der Waals surface area contributed by atoms with E-state index in [1.165, 1.54) is 21.6 Å². The molecule has 0 saturated heterocycles. The van der Waals surface area contributed by atoms with Crippen molar-refractivity contribution >= 4 is 23.1 Å². The first kappa shape index (κ1) is 16.2. The van der Waals surface area contributed by atoms with Crippen molar-refractivity contribution in [1.82, 2.24) is 0 Å². The number of benzene rings is 1. The van der Waals surface area contributed by atoms with E-state index in [9.17, 15) is 0 Å². The van der Waals surface area contributed by atoms with Crippen LogP contribution < -0.4 is 0 Å². The van der Waals surface area contributed by atoms with Crippen LogP contribution in [0.4, 0.5) is 0 Å². The summed E-state index contributed by atoms with van der Waals surface area (Å²) in [6.07, 6.45) is 0.548. The van der Waals surface area contributed by atoms with Crippen LogP contribution in [0, 0.1) is 25.7 Å². The molecule has 3 heteroatoms. The molecule has 2 aromatic rings. The van der Waals surface area contributed by atoms with Crippen molar-refractivity contribution in [1.29, 1.82) is 0 Å². The second kappa shape index (κ2) is 8.29. The topological polar surface area (TPSA) is 20.2 Å². The Hall–Kier alpha value is -1.21. The molecular formula is C18H20OS2. The van der Waals surface area contributed by atoms with Gasteiger partial charge in [0.05, 0.1) is 6.61 Å². The average molecular weight is 316 g/mol. The Morgan fingerprint density at radius 1 is 1.10 bits per heavy atom. The predicted molar refractivity (Wildman–Crippen MR) is 93.8 cm³/mol. The highest BCUT2D eigenvalue weighted by Gasteiger charge is 2.00. The first-order valence-electron chi connectivity index (χ1n) is 6.99. The van der Waals surface area contributed by atoms with E-state index in [-0.39, 0.29) is 6.61 Å². The predicted octanol–water partition coefficient (Wildman–Crippen LogP) is 4.53. The van der Waals surface area contributed by atoms with Gasteiger partial charge >= 0.3 is 0 Å². The third kappa shape index (κ3) is 5.59. The number of thiophene rings is 1. The van der Waals surface area contributed by atoms with Crippen LogP contribution in [0.5, 0.6) is 0 Å². The van der Waals surface area contributed by atoms with Gasteiger partial charge in [0.25, 0.3) is 0 Å². The van der Waals surface area contributed by atoms with Crippen LogP contribution in [0.2, 0.25) is 0 Å². The van der Waals surface area contributed by atoms with Gasteiger partial charge in [-0.3, -0.25) is 0 Å². The van der Waals surface area contributed by atoms with Crippen molar-refractivity contribution in [2.75, 3.05) is 6.61 Å². The van der Waals surface area contributed by atoms with Crippen molar-refractivity contribution in [3.63, 3.8) is 0 Å². The molecule has 0 atom stereocenters. The minimum atomic E-state index is 0.135. The highest BCUT2D eigenvalue weighted by Crippen LogP contribution is 2.23. The molecule has 0 saturated carbocycles. The minimum Gasteiger partial charge on any atom is -0.395 e. The highest BCUT2D eigenvalue weighted by molar-refractivity contribution is 7.97. The molecule has 0 aliphatic carbocycles.